The van der Waals surface area contributed by atoms with Gasteiger partial charge in [-0.15, -0.1) is 0 Å². The smallest absolute Gasteiger partial charge is 0.390 e. The highest BCUT2D eigenvalue weighted by atomic mass is 35.5. The molecular weight excluding hydrogens is 331 g/mol. The number of hydrogen-bond acceptors (Lipinski definition) is 2. The van der Waals surface area contributed by atoms with Crippen molar-refractivity contribution >= 4 is 17.6 Å². The van der Waals surface area contributed by atoms with Crippen molar-refractivity contribution in [1.29, 1.82) is 0 Å². The van der Waals surface area contributed by atoms with Gasteiger partial charge in [0, 0.05) is 23.7 Å². The Morgan fingerprint density at radius 1 is 1.26 bits per heavy atom. The fraction of sp³-hybridized carbons (Fsp3) is 0.533. The minimum atomic E-state index is -4.19. The summed E-state index contributed by atoms with van der Waals surface area (Å²) in [6, 6.07) is 5.20. The molecule has 0 heterocycles. The molecule has 0 radical (unpaired) electrons. The van der Waals surface area contributed by atoms with E-state index in [9.17, 15) is 13.2 Å². The van der Waals surface area contributed by atoms with Gasteiger partial charge in [0.1, 0.15) is 5.75 Å². The SMILES string of the molecule is CCNC(=NCc1ccc(Cl)cc1OCC)NCCC(F)(F)F. The second kappa shape index (κ2) is 9.50. The number of aliphatic imine (C=N–C) groups is 1. The summed E-state index contributed by atoms with van der Waals surface area (Å²) in [6.07, 6.45) is -5.11. The quantitative estimate of drug-likeness (QED) is 0.581. The zero-order valence-electron chi connectivity index (χ0n) is 13.1. The van der Waals surface area contributed by atoms with E-state index < -0.39 is 12.6 Å². The maximum absolute atomic E-state index is 12.2. The molecule has 2 N–H and O–H groups in total. The summed E-state index contributed by atoms with van der Waals surface area (Å²) in [4.78, 5) is 4.28. The normalized spacial score (nSPS) is 12.2. The monoisotopic (exact) mass is 351 g/mol. The van der Waals surface area contributed by atoms with E-state index in [-0.39, 0.29) is 13.1 Å². The van der Waals surface area contributed by atoms with Crippen LogP contribution in [0.5, 0.6) is 5.75 Å². The second-order valence-corrected chi connectivity index (χ2v) is 5.11. The van der Waals surface area contributed by atoms with Crippen LogP contribution >= 0.6 is 11.6 Å². The Bertz CT molecular complexity index is 521. The van der Waals surface area contributed by atoms with E-state index in [2.05, 4.69) is 15.6 Å². The number of benzene rings is 1. The highest BCUT2D eigenvalue weighted by Gasteiger charge is 2.26. The summed E-state index contributed by atoms with van der Waals surface area (Å²) in [7, 11) is 0. The molecule has 0 saturated heterocycles. The molecule has 130 valence electrons. The fourth-order valence-electron chi connectivity index (χ4n) is 1.78. The predicted molar refractivity (Wildman–Crippen MR) is 86.1 cm³/mol. The number of halogens is 4. The average molecular weight is 352 g/mol. The lowest BCUT2D eigenvalue weighted by atomic mass is 10.2. The van der Waals surface area contributed by atoms with Crippen molar-refractivity contribution in [2.45, 2.75) is 33.0 Å². The molecule has 0 aliphatic heterocycles. The van der Waals surface area contributed by atoms with Gasteiger partial charge in [0.25, 0.3) is 0 Å². The van der Waals surface area contributed by atoms with E-state index in [1.54, 1.807) is 18.2 Å². The molecule has 0 saturated carbocycles. The first-order valence-electron chi connectivity index (χ1n) is 7.36. The van der Waals surface area contributed by atoms with Crippen LogP contribution in [0.2, 0.25) is 5.02 Å². The molecule has 0 fully saturated rings. The van der Waals surface area contributed by atoms with Gasteiger partial charge in [0.05, 0.1) is 19.6 Å². The molecule has 0 amide bonds. The number of hydrogen-bond donors (Lipinski definition) is 2. The van der Waals surface area contributed by atoms with Crippen LogP contribution in [0.15, 0.2) is 23.2 Å². The molecule has 1 aromatic carbocycles. The van der Waals surface area contributed by atoms with Crippen LogP contribution in [0.4, 0.5) is 13.2 Å². The molecule has 4 nitrogen and oxygen atoms in total. The molecule has 0 aliphatic carbocycles. The zero-order valence-corrected chi connectivity index (χ0v) is 13.9. The largest absolute Gasteiger partial charge is 0.493 e. The number of alkyl halides is 3. The second-order valence-electron chi connectivity index (χ2n) is 4.67. The minimum Gasteiger partial charge on any atom is -0.493 e. The van der Waals surface area contributed by atoms with Gasteiger partial charge in [-0.05, 0) is 26.0 Å². The lowest BCUT2D eigenvalue weighted by molar-refractivity contribution is -0.132. The third-order valence-electron chi connectivity index (χ3n) is 2.78. The highest BCUT2D eigenvalue weighted by Crippen LogP contribution is 2.24. The van der Waals surface area contributed by atoms with Gasteiger partial charge in [-0.3, -0.25) is 0 Å². The van der Waals surface area contributed by atoms with E-state index in [4.69, 9.17) is 16.3 Å². The Kier molecular flexibility index (Phi) is 8.02. The van der Waals surface area contributed by atoms with E-state index in [1.807, 2.05) is 13.8 Å². The first-order chi connectivity index (χ1) is 10.9. The Labute approximate surface area is 139 Å². The van der Waals surface area contributed by atoms with Gasteiger partial charge in [0.15, 0.2) is 5.96 Å². The van der Waals surface area contributed by atoms with Crippen molar-refractivity contribution < 1.29 is 17.9 Å². The Balaban J connectivity index is 2.73. The number of nitrogens with one attached hydrogen (secondary N) is 2. The zero-order chi connectivity index (χ0) is 17.3. The highest BCUT2D eigenvalue weighted by molar-refractivity contribution is 6.30. The predicted octanol–water partition coefficient (Wildman–Crippen LogP) is 3.75. The molecule has 1 rings (SSSR count). The molecule has 0 bridgehead atoms. The summed E-state index contributed by atoms with van der Waals surface area (Å²) < 4.78 is 42.1. The Morgan fingerprint density at radius 3 is 2.61 bits per heavy atom. The van der Waals surface area contributed by atoms with Crippen LogP contribution in [0, 0.1) is 0 Å². The van der Waals surface area contributed by atoms with Crippen molar-refractivity contribution in [3.05, 3.63) is 28.8 Å². The summed E-state index contributed by atoms with van der Waals surface area (Å²) in [6.45, 7) is 4.78. The standard InChI is InChI=1S/C15H21ClF3N3O/c1-3-20-14(21-8-7-15(17,18)19)22-10-11-5-6-12(16)9-13(11)23-4-2/h5-6,9H,3-4,7-8,10H2,1-2H3,(H2,20,21,22). The molecule has 0 unspecified atom stereocenters. The first kappa shape index (κ1) is 19.4. The molecule has 1 aromatic rings. The van der Waals surface area contributed by atoms with Gasteiger partial charge in [-0.1, -0.05) is 17.7 Å². The fourth-order valence-corrected chi connectivity index (χ4v) is 1.94. The van der Waals surface area contributed by atoms with Crippen LogP contribution in [0.3, 0.4) is 0 Å². The molecule has 8 heteroatoms. The van der Waals surface area contributed by atoms with Crippen molar-refractivity contribution in [1.82, 2.24) is 10.6 Å². The average Bonchev–Trinajstić information content (AvgIpc) is 2.45. The van der Waals surface area contributed by atoms with Crippen LogP contribution in [-0.4, -0.2) is 31.8 Å². The summed E-state index contributed by atoms with van der Waals surface area (Å²) >= 11 is 5.93. The number of guanidine groups is 1. The van der Waals surface area contributed by atoms with Crippen molar-refractivity contribution in [2.75, 3.05) is 19.7 Å². The van der Waals surface area contributed by atoms with Crippen molar-refractivity contribution in [3.8, 4) is 5.75 Å². The van der Waals surface area contributed by atoms with Gasteiger partial charge < -0.3 is 15.4 Å². The molecule has 0 aromatic heterocycles. The molecule has 0 aliphatic rings. The third-order valence-corrected chi connectivity index (χ3v) is 3.02. The minimum absolute atomic E-state index is 0.228. The van der Waals surface area contributed by atoms with Crippen molar-refractivity contribution in [2.24, 2.45) is 4.99 Å². The van der Waals surface area contributed by atoms with Crippen LogP contribution < -0.4 is 15.4 Å². The molecule has 23 heavy (non-hydrogen) atoms. The molecular formula is C15H21ClF3N3O. The molecule has 0 atom stereocenters. The van der Waals surface area contributed by atoms with Gasteiger partial charge in [-0.2, -0.15) is 13.2 Å². The maximum atomic E-state index is 12.2. The van der Waals surface area contributed by atoms with Crippen LogP contribution in [0.25, 0.3) is 0 Å². The summed E-state index contributed by atoms with van der Waals surface area (Å²) in [5, 5.41) is 6.12. The molecule has 0 spiro atoms. The number of nitrogens with zero attached hydrogens (tertiary/aromatic N) is 1. The Hall–Kier alpha value is -1.63. The van der Waals surface area contributed by atoms with Gasteiger partial charge in [-0.25, -0.2) is 4.99 Å². The topological polar surface area (TPSA) is 45.7 Å². The summed E-state index contributed by atoms with van der Waals surface area (Å²) in [5.41, 5.74) is 0.810. The first-order valence-corrected chi connectivity index (χ1v) is 7.73. The van der Waals surface area contributed by atoms with E-state index in [0.717, 1.165) is 5.56 Å². The lowest BCUT2D eigenvalue weighted by Crippen LogP contribution is -2.38. The lowest BCUT2D eigenvalue weighted by Gasteiger charge is -2.13. The maximum Gasteiger partial charge on any atom is 0.390 e. The van der Waals surface area contributed by atoms with E-state index >= 15 is 0 Å². The number of ether oxygens (including phenoxy) is 1. The van der Waals surface area contributed by atoms with E-state index in [0.29, 0.717) is 29.9 Å². The van der Waals surface area contributed by atoms with Crippen LogP contribution in [-0.2, 0) is 6.54 Å². The number of rotatable bonds is 7. The van der Waals surface area contributed by atoms with Gasteiger partial charge >= 0.3 is 6.18 Å². The Morgan fingerprint density at radius 2 is 2.00 bits per heavy atom. The van der Waals surface area contributed by atoms with Crippen LogP contribution in [0.1, 0.15) is 25.8 Å². The van der Waals surface area contributed by atoms with Gasteiger partial charge in [0.2, 0.25) is 0 Å². The van der Waals surface area contributed by atoms with E-state index in [1.165, 1.54) is 0 Å². The summed E-state index contributed by atoms with van der Waals surface area (Å²) in [5.74, 6) is 0.948. The third kappa shape index (κ3) is 7.97. The van der Waals surface area contributed by atoms with Crippen molar-refractivity contribution in [3.63, 3.8) is 0 Å².